The predicted molar refractivity (Wildman–Crippen MR) is 107 cm³/mol. The molecule has 0 aromatic heterocycles. The molecular weight excluding hydrogens is 416 g/mol. The van der Waals surface area contributed by atoms with Crippen LogP contribution in [0.25, 0.3) is 0 Å². The number of halogens is 1. The van der Waals surface area contributed by atoms with Crippen molar-refractivity contribution >= 4 is 41.1 Å². The topological polar surface area (TPSA) is 132 Å². The molecule has 1 aromatic carbocycles. The van der Waals surface area contributed by atoms with Crippen LogP contribution in [-0.4, -0.2) is 78.8 Å². The Kier molecular flexibility index (Phi) is 7.11. The Balaban J connectivity index is 1.31. The molecule has 2 atom stereocenters. The third kappa shape index (κ3) is 5.61. The lowest BCUT2D eigenvalue weighted by Gasteiger charge is -2.36. The zero-order valence-electron chi connectivity index (χ0n) is 16.2. The van der Waals surface area contributed by atoms with Gasteiger partial charge in [0, 0.05) is 39.1 Å². The van der Waals surface area contributed by atoms with E-state index in [1.165, 1.54) is 0 Å². The van der Waals surface area contributed by atoms with E-state index in [9.17, 15) is 19.2 Å². The number of para-hydroxylation sites is 1. The lowest BCUT2D eigenvalue weighted by molar-refractivity contribution is -0.138. The van der Waals surface area contributed by atoms with E-state index < -0.39 is 36.0 Å². The van der Waals surface area contributed by atoms with E-state index in [4.69, 9.17) is 21.4 Å². The maximum atomic E-state index is 12.3. The lowest BCUT2D eigenvalue weighted by atomic mass is 10.2. The Labute approximate surface area is 178 Å². The molecule has 10 nitrogen and oxygen atoms in total. The summed E-state index contributed by atoms with van der Waals surface area (Å²) in [6.45, 7) is 2.33. The van der Waals surface area contributed by atoms with Crippen LogP contribution in [0.4, 0.5) is 10.5 Å². The molecule has 4 amide bonds. The number of rotatable bonds is 7. The molecule has 2 unspecified atom stereocenters. The van der Waals surface area contributed by atoms with Crippen LogP contribution in [0, 0.1) is 0 Å². The molecule has 0 spiro atoms. The first-order chi connectivity index (χ1) is 14.4. The smallest absolute Gasteiger partial charge is 0.336 e. The van der Waals surface area contributed by atoms with Gasteiger partial charge in [0.1, 0.15) is 0 Å². The van der Waals surface area contributed by atoms with Crippen molar-refractivity contribution in [3.05, 3.63) is 29.3 Å². The number of carbonyl (C=O) groups is 4. The van der Waals surface area contributed by atoms with Gasteiger partial charge < -0.3 is 25.0 Å². The molecule has 2 saturated heterocycles. The van der Waals surface area contributed by atoms with Crippen LogP contribution in [0.1, 0.15) is 12.8 Å². The normalized spacial score (nSPS) is 20.4. The minimum atomic E-state index is -1.18. The van der Waals surface area contributed by atoms with Gasteiger partial charge in [0.05, 0.1) is 10.7 Å². The SMILES string of the molecule is O=C(CCCNC(=O)C1OC1C(=O)O)NC(=O)N1CCN(c2ccccc2Cl)CC1. The molecule has 0 aliphatic carbocycles. The quantitative estimate of drug-likeness (QED) is 0.416. The summed E-state index contributed by atoms with van der Waals surface area (Å²) in [4.78, 5) is 50.1. The van der Waals surface area contributed by atoms with Gasteiger partial charge in [-0.3, -0.25) is 14.9 Å². The molecule has 30 heavy (non-hydrogen) atoms. The minimum Gasteiger partial charge on any atom is -0.479 e. The van der Waals surface area contributed by atoms with Gasteiger partial charge in [-0.15, -0.1) is 0 Å². The highest BCUT2D eigenvalue weighted by Gasteiger charge is 2.50. The number of ether oxygens (including phenoxy) is 1. The first-order valence-corrected chi connectivity index (χ1v) is 9.99. The Bertz CT molecular complexity index is 827. The molecule has 0 bridgehead atoms. The number of benzene rings is 1. The number of nitrogens with one attached hydrogen (secondary N) is 2. The van der Waals surface area contributed by atoms with Crippen LogP contribution in [0.15, 0.2) is 24.3 Å². The molecule has 2 fully saturated rings. The van der Waals surface area contributed by atoms with Gasteiger partial charge in [0.25, 0.3) is 5.91 Å². The largest absolute Gasteiger partial charge is 0.479 e. The number of nitrogens with zero attached hydrogens (tertiary/aromatic N) is 2. The maximum Gasteiger partial charge on any atom is 0.336 e. The summed E-state index contributed by atoms with van der Waals surface area (Å²) in [6, 6.07) is 7.07. The summed E-state index contributed by atoms with van der Waals surface area (Å²) in [5.74, 6) is -2.13. The van der Waals surface area contributed by atoms with Gasteiger partial charge in [-0.25, -0.2) is 9.59 Å². The predicted octanol–water partition coefficient (Wildman–Crippen LogP) is 0.447. The van der Waals surface area contributed by atoms with Crippen molar-refractivity contribution in [2.45, 2.75) is 25.0 Å². The number of piperazine rings is 1. The summed E-state index contributed by atoms with van der Waals surface area (Å²) >= 11 is 6.21. The standard InChI is InChI=1S/C19H23ClN4O6/c20-12-4-1-2-5-13(12)23-8-10-24(11-9-23)19(29)22-14(25)6-3-7-21-17(26)15-16(30-15)18(27)28/h1-2,4-5,15-16H,3,6-11H2,(H,21,26)(H,27,28)(H,22,25,29). The minimum absolute atomic E-state index is 0.0551. The van der Waals surface area contributed by atoms with Crippen molar-refractivity contribution in [1.82, 2.24) is 15.5 Å². The lowest BCUT2D eigenvalue weighted by Crippen LogP contribution is -2.52. The van der Waals surface area contributed by atoms with E-state index in [-0.39, 0.29) is 13.0 Å². The van der Waals surface area contributed by atoms with Gasteiger partial charge in [0.2, 0.25) is 5.91 Å². The Hall–Kier alpha value is -2.85. The first kappa shape index (κ1) is 21.8. The summed E-state index contributed by atoms with van der Waals surface area (Å²) in [5.41, 5.74) is 0.920. The third-order valence-corrected chi connectivity index (χ3v) is 5.20. The van der Waals surface area contributed by atoms with Crippen LogP contribution in [0.3, 0.4) is 0 Å². The van der Waals surface area contributed by atoms with Crippen LogP contribution in [0.2, 0.25) is 5.02 Å². The highest BCUT2D eigenvalue weighted by molar-refractivity contribution is 6.33. The van der Waals surface area contributed by atoms with Gasteiger partial charge in [0.15, 0.2) is 12.2 Å². The molecular formula is C19H23ClN4O6. The zero-order valence-corrected chi connectivity index (χ0v) is 16.9. The van der Waals surface area contributed by atoms with Gasteiger partial charge in [-0.05, 0) is 18.6 Å². The average Bonchev–Trinajstić information content (AvgIpc) is 3.53. The number of imide groups is 1. The molecule has 3 N–H and O–H groups in total. The monoisotopic (exact) mass is 438 g/mol. The van der Waals surface area contributed by atoms with Crippen LogP contribution in [-0.2, 0) is 19.1 Å². The molecule has 2 aliphatic rings. The number of aliphatic carboxylic acids is 1. The number of hydrogen-bond acceptors (Lipinski definition) is 6. The summed E-state index contributed by atoms with van der Waals surface area (Å²) < 4.78 is 4.73. The molecule has 162 valence electrons. The van der Waals surface area contributed by atoms with Crippen molar-refractivity contribution in [3.8, 4) is 0 Å². The van der Waals surface area contributed by atoms with Gasteiger partial charge in [-0.1, -0.05) is 23.7 Å². The van der Waals surface area contributed by atoms with Crippen LogP contribution < -0.4 is 15.5 Å². The number of carboxylic acids is 1. The number of carbonyl (C=O) groups excluding carboxylic acids is 3. The van der Waals surface area contributed by atoms with E-state index in [0.717, 1.165) is 5.69 Å². The van der Waals surface area contributed by atoms with E-state index >= 15 is 0 Å². The van der Waals surface area contributed by atoms with Crippen molar-refractivity contribution in [1.29, 1.82) is 0 Å². The third-order valence-electron chi connectivity index (χ3n) is 4.88. The van der Waals surface area contributed by atoms with Crippen molar-refractivity contribution < 1.29 is 29.0 Å². The van der Waals surface area contributed by atoms with E-state index in [0.29, 0.717) is 37.6 Å². The fraction of sp³-hybridized carbons (Fsp3) is 0.474. The molecule has 2 aliphatic heterocycles. The molecule has 3 rings (SSSR count). The molecule has 0 radical (unpaired) electrons. The zero-order chi connectivity index (χ0) is 21.7. The van der Waals surface area contributed by atoms with Crippen molar-refractivity contribution in [2.24, 2.45) is 0 Å². The fourth-order valence-electron chi connectivity index (χ4n) is 3.18. The summed E-state index contributed by atoms with van der Waals surface area (Å²) in [6.07, 6.45) is -1.69. The second kappa shape index (κ2) is 9.77. The van der Waals surface area contributed by atoms with Crippen LogP contribution in [0.5, 0.6) is 0 Å². The van der Waals surface area contributed by atoms with Crippen molar-refractivity contribution in [3.63, 3.8) is 0 Å². The molecule has 1 aromatic rings. The van der Waals surface area contributed by atoms with Crippen molar-refractivity contribution in [2.75, 3.05) is 37.6 Å². The summed E-state index contributed by atoms with van der Waals surface area (Å²) in [5, 5.41) is 14.2. The second-order valence-electron chi connectivity index (χ2n) is 6.99. The van der Waals surface area contributed by atoms with Gasteiger partial charge >= 0.3 is 12.0 Å². The first-order valence-electron chi connectivity index (χ1n) is 9.61. The second-order valence-corrected chi connectivity index (χ2v) is 7.40. The number of epoxide rings is 1. The Morgan fingerprint density at radius 3 is 2.43 bits per heavy atom. The molecule has 11 heteroatoms. The van der Waals surface area contributed by atoms with E-state index in [2.05, 4.69) is 15.5 Å². The Morgan fingerprint density at radius 1 is 1.10 bits per heavy atom. The molecule has 0 saturated carbocycles. The highest BCUT2D eigenvalue weighted by atomic mass is 35.5. The van der Waals surface area contributed by atoms with E-state index in [1.54, 1.807) is 4.90 Å². The van der Waals surface area contributed by atoms with Crippen LogP contribution >= 0.6 is 11.6 Å². The number of amides is 4. The number of carboxylic acid groups (broad SMARTS) is 1. The number of hydrogen-bond donors (Lipinski definition) is 3. The average molecular weight is 439 g/mol. The number of urea groups is 1. The Morgan fingerprint density at radius 2 is 1.80 bits per heavy atom. The maximum absolute atomic E-state index is 12.3. The fourth-order valence-corrected chi connectivity index (χ4v) is 3.44. The highest BCUT2D eigenvalue weighted by Crippen LogP contribution is 2.26. The van der Waals surface area contributed by atoms with Gasteiger partial charge in [-0.2, -0.15) is 0 Å². The number of anilines is 1. The van der Waals surface area contributed by atoms with E-state index in [1.807, 2.05) is 24.3 Å². The molecule has 2 heterocycles. The summed E-state index contributed by atoms with van der Waals surface area (Å²) in [7, 11) is 0.